The Bertz CT molecular complexity index is 818. The zero-order valence-corrected chi connectivity index (χ0v) is 15.2. The smallest absolute Gasteiger partial charge is 0.289 e. The summed E-state index contributed by atoms with van der Waals surface area (Å²) in [5, 5.41) is 11.2. The summed E-state index contributed by atoms with van der Waals surface area (Å²) in [6.45, 7) is 7.07. The second-order valence-corrected chi connectivity index (χ2v) is 7.69. The van der Waals surface area contributed by atoms with E-state index in [1.54, 1.807) is 6.07 Å². The molecule has 7 heteroatoms. The highest BCUT2D eigenvalue weighted by atomic mass is 19.1. The number of likely N-dealkylation sites (tertiary alicyclic amines) is 1. The first kappa shape index (κ1) is 17.1. The Morgan fingerprint density at radius 3 is 2.77 bits per heavy atom. The molecule has 0 aliphatic carbocycles. The minimum atomic E-state index is -0.168. The summed E-state index contributed by atoms with van der Waals surface area (Å²) in [5.41, 5.74) is 0.738. The van der Waals surface area contributed by atoms with Crippen molar-refractivity contribution in [3.05, 3.63) is 47.3 Å². The van der Waals surface area contributed by atoms with Crippen LogP contribution in [0, 0.1) is 17.7 Å². The number of carbonyl (C=O) groups is 1. The molecule has 1 N–H and O–H groups in total. The van der Waals surface area contributed by atoms with Crippen LogP contribution in [0.2, 0.25) is 0 Å². The third-order valence-electron chi connectivity index (χ3n) is 5.32. The molecular formula is C19H24FN5O. The van der Waals surface area contributed by atoms with Gasteiger partial charge in [0, 0.05) is 44.2 Å². The molecule has 2 aliphatic rings. The molecule has 0 bridgehead atoms. The molecule has 1 fully saturated rings. The maximum atomic E-state index is 13.9. The van der Waals surface area contributed by atoms with Gasteiger partial charge in [-0.2, -0.15) is 0 Å². The van der Waals surface area contributed by atoms with Gasteiger partial charge in [0.2, 0.25) is 5.82 Å². The van der Waals surface area contributed by atoms with Crippen LogP contribution in [-0.2, 0) is 19.5 Å². The summed E-state index contributed by atoms with van der Waals surface area (Å²) in [6, 6.07) is 7.02. The van der Waals surface area contributed by atoms with Crippen LogP contribution < -0.4 is 5.32 Å². The van der Waals surface area contributed by atoms with Gasteiger partial charge in [0.1, 0.15) is 11.6 Å². The molecule has 1 amide bonds. The number of nitrogens with one attached hydrogen (secondary N) is 1. The lowest BCUT2D eigenvalue weighted by Crippen LogP contribution is -2.35. The highest BCUT2D eigenvalue weighted by Crippen LogP contribution is 2.33. The zero-order valence-electron chi connectivity index (χ0n) is 15.2. The lowest BCUT2D eigenvalue weighted by Gasteiger charge is -2.25. The molecule has 0 spiro atoms. The van der Waals surface area contributed by atoms with E-state index in [-0.39, 0.29) is 17.8 Å². The van der Waals surface area contributed by atoms with Crippen LogP contribution >= 0.6 is 0 Å². The topological polar surface area (TPSA) is 63.1 Å². The molecule has 0 radical (unpaired) electrons. The summed E-state index contributed by atoms with van der Waals surface area (Å²) >= 11 is 0. The van der Waals surface area contributed by atoms with E-state index in [1.165, 1.54) is 6.07 Å². The molecule has 1 aromatic heterocycles. The standard InChI is InChI=1S/C19H24FN5O/c1-12(2)21-19(26)18-23-22-17-7-14-9-24(10-15(14)11-25(17)18)8-13-5-3-4-6-16(13)20/h3-6,12,14-15H,7-11H2,1-2H3,(H,21,26)/t14-,15+/m0/s1. The van der Waals surface area contributed by atoms with Crippen LogP contribution in [0.1, 0.15) is 35.9 Å². The predicted molar refractivity (Wildman–Crippen MR) is 95.0 cm³/mol. The summed E-state index contributed by atoms with van der Waals surface area (Å²) < 4.78 is 15.9. The van der Waals surface area contributed by atoms with Gasteiger partial charge in [-0.05, 0) is 31.7 Å². The Balaban J connectivity index is 1.46. The monoisotopic (exact) mass is 357 g/mol. The Labute approximate surface area is 152 Å². The Hall–Kier alpha value is -2.28. The molecule has 3 heterocycles. The van der Waals surface area contributed by atoms with Crippen LogP contribution in [0.25, 0.3) is 0 Å². The highest BCUT2D eigenvalue weighted by molar-refractivity contribution is 5.90. The van der Waals surface area contributed by atoms with Crippen molar-refractivity contribution in [2.45, 2.75) is 39.4 Å². The predicted octanol–water partition coefficient (Wildman–Crippen LogP) is 1.86. The third-order valence-corrected chi connectivity index (χ3v) is 5.32. The molecule has 4 rings (SSSR count). The second-order valence-electron chi connectivity index (χ2n) is 7.69. The van der Waals surface area contributed by atoms with Gasteiger partial charge in [0.15, 0.2) is 0 Å². The summed E-state index contributed by atoms with van der Waals surface area (Å²) in [4.78, 5) is 14.6. The van der Waals surface area contributed by atoms with Gasteiger partial charge < -0.3 is 9.88 Å². The highest BCUT2D eigenvalue weighted by Gasteiger charge is 2.39. The van der Waals surface area contributed by atoms with Crippen molar-refractivity contribution >= 4 is 5.91 Å². The van der Waals surface area contributed by atoms with Crippen molar-refractivity contribution in [3.8, 4) is 0 Å². The summed E-state index contributed by atoms with van der Waals surface area (Å²) in [5.74, 6) is 1.90. The molecule has 1 saturated heterocycles. The number of rotatable bonds is 4. The Morgan fingerprint density at radius 2 is 2.00 bits per heavy atom. The maximum Gasteiger partial charge on any atom is 0.289 e. The van der Waals surface area contributed by atoms with E-state index < -0.39 is 0 Å². The lowest BCUT2D eigenvalue weighted by atomic mass is 9.89. The van der Waals surface area contributed by atoms with Crippen molar-refractivity contribution in [1.29, 1.82) is 0 Å². The van der Waals surface area contributed by atoms with E-state index in [0.29, 0.717) is 24.2 Å². The van der Waals surface area contributed by atoms with E-state index in [2.05, 4.69) is 20.4 Å². The Kier molecular flexibility index (Phi) is 4.48. The molecule has 138 valence electrons. The van der Waals surface area contributed by atoms with Gasteiger partial charge >= 0.3 is 0 Å². The van der Waals surface area contributed by atoms with Crippen LogP contribution in [0.4, 0.5) is 4.39 Å². The van der Waals surface area contributed by atoms with Gasteiger partial charge in [-0.15, -0.1) is 10.2 Å². The fraction of sp³-hybridized carbons (Fsp3) is 0.526. The fourth-order valence-electron chi connectivity index (χ4n) is 4.11. The van der Waals surface area contributed by atoms with Crippen molar-refractivity contribution in [3.63, 3.8) is 0 Å². The number of carbonyl (C=O) groups excluding carboxylic acids is 1. The number of nitrogens with zero attached hydrogens (tertiary/aromatic N) is 4. The molecule has 26 heavy (non-hydrogen) atoms. The van der Waals surface area contributed by atoms with Crippen molar-refractivity contribution in [2.75, 3.05) is 13.1 Å². The SMILES string of the molecule is CC(C)NC(=O)c1nnc2n1C[C@H]1CN(Cc3ccccc3F)C[C@@H]1C2. The van der Waals surface area contributed by atoms with Crippen molar-refractivity contribution < 1.29 is 9.18 Å². The second kappa shape index (κ2) is 6.79. The van der Waals surface area contributed by atoms with Gasteiger partial charge in [0.05, 0.1) is 0 Å². The minimum absolute atomic E-state index is 0.0644. The van der Waals surface area contributed by atoms with Gasteiger partial charge in [-0.3, -0.25) is 9.69 Å². The van der Waals surface area contributed by atoms with Crippen LogP contribution in [0.15, 0.2) is 24.3 Å². The van der Waals surface area contributed by atoms with Crippen LogP contribution in [0.3, 0.4) is 0 Å². The summed E-state index contributed by atoms with van der Waals surface area (Å²) in [7, 11) is 0. The molecular weight excluding hydrogens is 333 g/mol. The number of benzene rings is 1. The summed E-state index contributed by atoms with van der Waals surface area (Å²) in [6.07, 6.45) is 0.820. The Morgan fingerprint density at radius 1 is 1.23 bits per heavy atom. The van der Waals surface area contributed by atoms with E-state index in [1.807, 2.05) is 30.5 Å². The lowest BCUT2D eigenvalue weighted by molar-refractivity contribution is 0.0924. The average Bonchev–Trinajstić information content (AvgIpc) is 3.16. The van der Waals surface area contributed by atoms with Gasteiger partial charge in [0.25, 0.3) is 5.91 Å². The first-order valence-corrected chi connectivity index (χ1v) is 9.20. The molecule has 1 aromatic carbocycles. The van der Waals surface area contributed by atoms with Gasteiger partial charge in [-0.25, -0.2) is 4.39 Å². The zero-order chi connectivity index (χ0) is 18.3. The molecule has 6 nitrogen and oxygen atoms in total. The molecule has 2 atom stereocenters. The normalized spacial score (nSPS) is 22.3. The molecule has 0 unspecified atom stereocenters. The van der Waals surface area contributed by atoms with Crippen LogP contribution in [-0.4, -0.2) is 44.7 Å². The molecule has 0 saturated carbocycles. The fourth-order valence-corrected chi connectivity index (χ4v) is 4.11. The van der Waals surface area contributed by atoms with E-state index in [4.69, 9.17) is 0 Å². The minimum Gasteiger partial charge on any atom is -0.347 e. The molecule has 2 aliphatic heterocycles. The first-order chi connectivity index (χ1) is 12.5. The van der Waals surface area contributed by atoms with E-state index in [9.17, 15) is 9.18 Å². The number of amides is 1. The average molecular weight is 357 g/mol. The van der Waals surface area contributed by atoms with E-state index >= 15 is 0 Å². The first-order valence-electron chi connectivity index (χ1n) is 9.20. The number of fused-ring (bicyclic) bond motifs is 2. The number of aromatic nitrogens is 3. The van der Waals surface area contributed by atoms with Crippen molar-refractivity contribution in [2.24, 2.45) is 11.8 Å². The largest absolute Gasteiger partial charge is 0.347 e. The third kappa shape index (κ3) is 3.23. The van der Waals surface area contributed by atoms with Crippen molar-refractivity contribution in [1.82, 2.24) is 25.0 Å². The van der Waals surface area contributed by atoms with Gasteiger partial charge in [-0.1, -0.05) is 18.2 Å². The van der Waals surface area contributed by atoms with Crippen LogP contribution in [0.5, 0.6) is 0 Å². The quantitative estimate of drug-likeness (QED) is 0.907. The number of hydrogen-bond acceptors (Lipinski definition) is 4. The maximum absolute atomic E-state index is 13.9. The number of hydrogen-bond donors (Lipinski definition) is 1. The van der Waals surface area contributed by atoms with E-state index in [0.717, 1.165) is 37.4 Å². The molecule has 2 aromatic rings. The number of halogens is 1.